The zero-order valence-corrected chi connectivity index (χ0v) is 18.1. The second-order valence-electron chi connectivity index (χ2n) is 7.40. The Balaban J connectivity index is 1.70. The van der Waals surface area contributed by atoms with Crippen LogP contribution in [0.3, 0.4) is 0 Å². The van der Waals surface area contributed by atoms with Crippen molar-refractivity contribution in [3.8, 4) is 17.0 Å². The van der Waals surface area contributed by atoms with E-state index < -0.39 is 46.8 Å². The summed E-state index contributed by atoms with van der Waals surface area (Å²) in [6, 6.07) is 9.18. The minimum Gasteiger partial charge on any atom is -0.437 e. The average Bonchev–Trinajstić information content (AvgIpc) is 3.21. The van der Waals surface area contributed by atoms with Crippen molar-refractivity contribution >= 4 is 23.3 Å². The molecule has 0 bridgehead atoms. The van der Waals surface area contributed by atoms with Crippen LogP contribution in [0.1, 0.15) is 15.9 Å². The molecule has 12 heteroatoms. The first-order valence-electron chi connectivity index (χ1n) is 10.0. The molecule has 2 heterocycles. The number of amides is 1. The van der Waals surface area contributed by atoms with E-state index >= 15 is 0 Å². The van der Waals surface area contributed by atoms with Gasteiger partial charge in [-0.25, -0.2) is 18.0 Å². The molecule has 186 valence electrons. The largest absolute Gasteiger partial charge is 0.513 e. The molecular formula is C24H14F6N2O4. The quantitative estimate of drug-likeness (QED) is 0.196. The zero-order chi connectivity index (χ0) is 26.2. The minimum absolute atomic E-state index is 0.0528. The molecule has 0 spiro atoms. The van der Waals surface area contributed by atoms with Crippen LogP contribution in [0, 0.1) is 17.5 Å². The number of anilines is 1. The van der Waals surface area contributed by atoms with Crippen molar-refractivity contribution in [2.75, 3.05) is 12.4 Å². The highest BCUT2D eigenvalue weighted by atomic mass is 19.4. The summed E-state index contributed by atoms with van der Waals surface area (Å²) in [4.78, 5) is 23.7. The second kappa shape index (κ2) is 9.29. The number of hydrogen-bond acceptors (Lipinski definition) is 4. The fourth-order valence-corrected chi connectivity index (χ4v) is 3.47. The Labute approximate surface area is 198 Å². The van der Waals surface area contributed by atoms with Gasteiger partial charge in [0, 0.05) is 17.3 Å². The third-order valence-electron chi connectivity index (χ3n) is 5.09. The minimum atomic E-state index is -4.73. The highest BCUT2D eigenvalue weighted by Crippen LogP contribution is 2.40. The van der Waals surface area contributed by atoms with Crippen molar-refractivity contribution in [3.63, 3.8) is 0 Å². The van der Waals surface area contributed by atoms with Gasteiger partial charge in [-0.1, -0.05) is 12.1 Å². The highest BCUT2D eigenvalue weighted by Gasteiger charge is 2.36. The third-order valence-corrected chi connectivity index (χ3v) is 5.09. The Morgan fingerprint density at radius 2 is 1.56 bits per heavy atom. The molecule has 0 aliphatic rings. The summed E-state index contributed by atoms with van der Waals surface area (Å²) in [5.41, 5.74) is -1.73. The lowest BCUT2D eigenvalue weighted by atomic mass is 10.1. The number of carbonyl (C=O) groups is 2. The Kier molecular flexibility index (Phi) is 6.35. The first kappa shape index (κ1) is 24.6. The predicted octanol–water partition coefficient (Wildman–Crippen LogP) is 6.44. The summed E-state index contributed by atoms with van der Waals surface area (Å²) in [6.45, 7) is 0. The van der Waals surface area contributed by atoms with E-state index in [2.05, 4.69) is 10.1 Å². The predicted molar refractivity (Wildman–Crippen MR) is 115 cm³/mol. The van der Waals surface area contributed by atoms with Crippen LogP contribution in [0.25, 0.3) is 16.8 Å². The molecule has 2 aromatic heterocycles. The van der Waals surface area contributed by atoms with Crippen LogP contribution in [0.15, 0.2) is 60.8 Å². The van der Waals surface area contributed by atoms with Gasteiger partial charge in [0.25, 0.3) is 5.91 Å². The molecule has 0 saturated carbocycles. The van der Waals surface area contributed by atoms with Crippen molar-refractivity contribution in [3.05, 3.63) is 89.4 Å². The van der Waals surface area contributed by atoms with Crippen LogP contribution < -0.4 is 10.1 Å². The zero-order valence-electron chi connectivity index (χ0n) is 18.1. The molecule has 6 nitrogen and oxygen atoms in total. The Morgan fingerprint density at radius 3 is 2.19 bits per heavy atom. The van der Waals surface area contributed by atoms with Crippen molar-refractivity contribution in [2.24, 2.45) is 0 Å². The number of pyridine rings is 1. The molecule has 0 unspecified atom stereocenters. The summed E-state index contributed by atoms with van der Waals surface area (Å²) >= 11 is 0. The number of nitrogens with zero attached hydrogens (tertiary/aromatic N) is 1. The van der Waals surface area contributed by atoms with E-state index in [1.54, 1.807) is 0 Å². The monoisotopic (exact) mass is 508 g/mol. The number of carbonyl (C=O) groups excluding carboxylic acids is 2. The molecule has 4 rings (SSSR count). The summed E-state index contributed by atoms with van der Waals surface area (Å²) in [5, 5.41) is 2.27. The van der Waals surface area contributed by atoms with E-state index in [0.29, 0.717) is 6.07 Å². The van der Waals surface area contributed by atoms with Gasteiger partial charge in [-0.2, -0.15) is 13.2 Å². The van der Waals surface area contributed by atoms with Gasteiger partial charge in [-0.15, -0.1) is 0 Å². The van der Waals surface area contributed by atoms with Gasteiger partial charge in [-0.05, 0) is 42.0 Å². The molecular weight excluding hydrogens is 494 g/mol. The molecule has 0 atom stereocenters. The van der Waals surface area contributed by atoms with Crippen molar-refractivity contribution in [2.45, 2.75) is 6.18 Å². The fraction of sp³-hybridized carbons (Fsp3) is 0.0833. The number of methoxy groups -OCH3 is 1. The molecule has 0 aliphatic heterocycles. The molecule has 0 aliphatic carbocycles. The number of benzene rings is 2. The van der Waals surface area contributed by atoms with Crippen molar-refractivity contribution in [1.29, 1.82) is 0 Å². The Hall–Kier alpha value is -4.48. The van der Waals surface area contributed by atoms with Crippen LogP contribution in [0.4, 0.5) is 36.8 Å². The number of hydrogen-bond donors (Lipinski definition) is 1. The number of nitrogens with one attached hydrogen (secondary N) is 1. The molecule has 4 aromatic rings. The number of fused-ring (bicyclic) bond motifs is 1. The summed E-state index contributed by atoms with van der Waals surface area (Å²) in [5.74, 6) is -5.34. The molecule has 1 N–H and O–H groups in total. The van der Waals surface area contributed by atoms with E-state index in [4.69, 9.17) is 4.74 Å². The van der Waals surface area contributed by atoms with Crippen LogP contribution >= 0.6 is 0 Å². The summed E-state index contributed by atoms with van der Waals surface area (Å²) < 4.78 is 92.2. The number of halogens is 6. The number of alkyl halides is 3. The van der Waals surface area contributed by atoms with Gasteiger partial charge in [0.1, 0.15) is 5.82 Å². The van der Waals surface area contributed by atoms with E-state index in [1.165, 1.54) is 47.0 Å². The molecule has 36 heavy (non-hydrogen) atoms. The number of rotatable bonds is 4. The maximum Gasteiger partial charge on any atom is 0.513 e. The van der Waals surface area contributed by atoms with E-state index in [0.717, 1.165) is 13.2 Å². The summed E-state index contributed by atoms with van der Waals surface area (Å²) in [6.07, 6.45) is -4.61. The topological polar surface area (TPSA) is 69.0 Å². The molecule has 0 radical (unpaired) electrons. The SMILES string of the molecule is COC(=O)Oc1ccc2cc(C(F)(F)F)c(-c3ccc(NC(=O)c4cc(F)c(F)cc4F)cc3)n2c1. The number of aromatic nitrogens is 1. The smallest absolute Gasteiger partial charge is 0.437 e. The van der Waals surface area contributed by atoms with Crippen molar-refractivity contribution < 1.29 is 45.4 Å². The molecule has 1 amide bonds. The lowest BCUT2D eigenvalue weighted by molar-refractivity contribution is -0.137. The molecule has 0 fully saturated rings. The fourth-order valence-electron chi connectivity index (χ4n) is 3.47. The first-order chi connectivity index (χ1) is 17.0. The number of ether oxygens (including phenoxy) is 2. The van der Waals surface area contributed by atoms with Crippen LogP contribution in [-0.4, -0.2) is 23.6 Å². The normalized spacial score (nSPS) is 11.4. The lowest BCUT2D eigenvalue weighted by Gasteiger charge is -2.12. The van der Waals surface area contributed by atoms with Crippen LogP contribution in [0.5, 0.6) is 5.75 Å². The maximum absolute atomic E-state index is 13.9. The standard InChI is InChI=1S/C24H14F6N2O4/c1-35-23(34)36-15-7-6-14-8-17(24(28,29)30)21(32(14)11-15)12-2-4-13(5-3-12)31-22(33)16-9-19(26)20(27)10-18(16)25/h2-11H,1H3,(H,31,33). The first-order valence-corrected chi connectivity index (χ1v) is 10.0. The van der Waals surface area contributed by atoms with Crippen LogP contribution in [0.2, 0.25) is 0 Å². The van der Waals surface area contributed by atoms with Gasteiger partial charge >= 0.3 is 12.3 Å². The lowest BCUT2D eigenvalue weighted by Crippen LogP contribution is -2.14. The molecule has 2 aromatic carbocycles. The van der Waals surface area contributed by atoms with Gasteiger partial charge in [0.15, 0.2) is 17.4 Å². The van der Waals surface area contributed by atoms with E-state index in [9.17, 15) is 35.9 Å². The van der Waals surface area contributed by atoms with E-state index in [-0.39, 0.29) is 34.3 Å². The van der Waals surface area contributed by atoms with Gasteiger partial charge in [-0.3, -0.25) is 4.79 Å². The van der Waals surface area contributed by atoms with Gasteiger partial charge in [0.05, 0.1) is 30.1 Å². The highest BCUT2D eigenvalue weighted by molar-refractivity contribution is 6.04. The van der Waals surface area contributed by atoms with Gasteiger partial charge < -0.3 is 19.2 Å². The van der Waals surface area contributed by atoms with E-state index in [1.807, 2.05) is 0 Å². The van der Waals surface area contributed by atoms with Crippen LogP contribution in [-0.2, 0) is 10.9 Å². The third kappa shape index (κ3) is 4.83. The van der Waals surface area contributed by atoms with Gasteiger partial charge in [0.2, 0.25) is 0 Å². The second-order valence-corrected chi connectivity index (χ2v) is 7.40. The Morgan fingerprint density at radius 1 is 0.889 bits per heavy atom. The Bertz CT molecular complexity index is 1480. The average molecular weight is 508 g/mol. The molecule has 0 saturated heterocycles. The summed E-state index contributed by atoms with van der Waals surface area (Å²) in [7, 11) is 1.07. The van der Waals surface area contributed by atoms with Crippen molar-refractivity contribution in [1.82, 2.24) is 4.40 Å². The maximum atomic E-state index is 13.9.